The second kappa shape index (κ2) is 8.83. The number of anilines is 1. The molecule has 1 fully saturated rings. The number of halogens is 1. The van der Waals surface area contributed by atoms with Gasteiger partial charge in [-0.3, -0.25) is 9.59 Å². The van der Waals surface area contributed by atoms with E-state index in [0.717, 1.165) is 11.1 Å². The fourth-order valence-corrected chi connectivity index (χ4v) is 3.43. The van der Waals surface area contributed by atoms with E-state index in [9.17, 15) is 9.59 Å². The van der Waals surface area contributed by atoms with Crippen molar-refractivity contribution in [3.63, 3.8) is 0 Å². The third kappa shape index (κ3) is 5.42. The lowest BCUT2D eigenvalue weighted by molar-refractivity contribution is -0.122. The number of rotatable bonds is 5. The molecule has 1 saturated heterocycles. The van der Waals surface area contributed by atoms with E-state index in [0.29, 0.717) is 15.9 Å². The average Bonchev–Trinajstić information content (AvgIpc) is 2.98. The molecule has 138 valence electrons. The summed E-state index contributed by atoms with van der Waals surface area (Å²) in [6, 6.07) is 14.8. The van der Waals surface area contributed by atoms with Crippen LogP contribution >= 0.6 is 23.4 Å². The summed E-state index contributed by atoms with van der Waals surface area (Å²) in [5.41, 5.74) is 2.43. The van der Waals surface area contributed by atoms with Gasteiger partial charge in [-0.2, -0.15) is 5.10 Å². The van der Waals surface area contributed by atoms with Crippen LogP contribution in [0.2, 0.25) is 5.02 Å². The highest BCUT2D eigenvalue weighted by atomic mass is 35.5. The lowest BCUT2D eigenvalue weighted by Crippen LogP contribution is -2.28. The molecular weight excluding hydrogens is 384 g/mol. The van der Waals surface area contributed by atoms with E-state index in [2.05, 4.69) is 20.8 Å². The maximum Gasteiger partial charge on any atom is 0.240 e. The fourth-order valence-electron chi connectivity index (χ4n) is 2.32. The number of hydrogen-bond acceptors (Lipinski definition) is 5. The molecule has 0 saturated carbocycles. The van der Waals surface area contributed by atoms with Gasteiger partial charge in [-0.05, 0) is 30.2 Å². The Morgan fingerprint density at radius 2 is 2.07 bits per heavy atom. The zero-order valence-electron chi connectivity index (χ0n) is 14.5. The predicted octanol–water partition coefficient (Wildman–Crippen LogP) is 3.60. The van der Waals surface area contributed by atoms with Crippen LogP contribution in [-0.4, -0.2) is 28.4 Å². The third-order valence-corrected chi connectivity index (χ3v) is 5.24. The quantitative estimate of drug-likeness (QED) is 0.594. The highest BCUT2D eigenvalue weighted by molar-refractivity contribution is 8.15. The molecule has 1 aliphatic rings. The molecule has 1 atom stereocenters. The van der Waals surface area contributed by atoms with Gasteiger partial charge in [-0.15, -0.1) is 5.10 Å². The summed E-state index contributed by atoms with van der Waals surface area (Å²) in [4.78, 5) is 24.2. The minimum absolute atomic E-state index is 0.0312. The van der Waals surface area contributed by atoms with Gasteiger partial charge in [0.25, 0.3) is 0 Å². The van der Waals surface area contributed by atoms with Crippen LogP contribution in [0.15, 0.2) is 58.7 Å². The van der Waals surface area contributed by atoms with E-state index < -0.39 is 5.25 Å². The summed E-state index contributed by atoms with van der Waals surface area (Å²) in [5.74, 6) is -0.526. The fraction of sp³-hybridized carbons (Fsp3) is 0.158. The number of carbonyl (C=O) groups excluding carboxylic acids is 2. The molecule has 2 aromatic rings. The van der Waals surface area contributed by atoms with Crippen LogP contribution in [0.3, 0.4) is 0 Å². The van der Waals surface area contributed by atoms with Gasteiger partial charge in [-0.1, -0.05) is 59.8 Å². The lowest BCUT2D eigenvalue weighted by atomic mass is 10.2. The van der Waals surface area contributed by atoms with Crippen molar-refractivity contribution in [2.24, 2.45) is 10.2 Å². The molecule has 0 unspecified atom stereocenters. The number of carbonyl (C=O) groups is 2. The van der Waals surface area contributed by atoms with Crippen LogP contribution in [0, 0.1) is 6.92 Å². The normalized spacial score (nSPS) is 18.1. The first kappa shape index (κ1) is 19.1. The van der Waals surface area contributed by atoms with Gasteiger partial charge in [-0.25, -0.2) is 0 Å². The van der Waals surface area contributed by atoms with E-state index in [4.69, 9.17) is 11.6 Å². The molecule has 2 amide bonds. The standard InChI is InChI=1S/C19H17ClN4O2S/c1-12-7-8-14(9-15(12)20)22-17(25)10-16-18(26)23-19(27-16)24-21-11-13-5-3-2-4-6-13/h2-9,11,16H,10H2,1H3,(H,22,25)(H,23,24,26)/t16-/m0/s1. The van der Waals surface area contributed by atoms with Crippen molar-refractivity contribution in [3.05, 3.63) is 64.7 Å². The van der Waals surface area contributed by atoms with E-state index in [1.54, 1.807) is 18.3 Å². The van der Waals surface area contributed by atoms with E-state index in [1.807, 2.05) is 43.3 Å². The molecule has 0 radical (unpaired) electrons. The maximum atomic E-state index is 12.2. The SMILES string of the molecule is Cc1ccc(NC(=O)C[C@@H]2S/C(=N/N=Cc3ccccc3)NC2=O)cc1Cl. The Morgan fingerprint density at radius 3 is 2.81 bits per heavy atom. The zero-order chi connectivity index (χ0) is 19.2. The number of nitrogens with one attached hydrogen (secondary N) is 2. The van der Waals surface area contributed by atoms with Gasteiger partial charge in [0.2, 0.25) is 11.8 Å². The first-order valence-corrected chi connectivity index (χ1v) is 9.46. The Labute approximate surface area is 166 Å². The Balaban J connectivity index is 1.55. The molecule has 6 nitrogen and oxygen atoms in total. The number of hydrogen-bond donors (Lipinski definition) is 2. The van der Waals surface area contributed by atoms with Crippen molar-refractivity contribution < 1.29 is 9.59 Å². The van der Waals surface area contributed by atoms with Crippen LogP contribution in [0.25, 0.3) is 0 Å². The first-order valence-electron chi connectivity index (χ1n) is 8.21. The molecule has 0 aromatic heterocycles. The number of thioether (sulfide) groups is 1. The van der Waals surface area contributed by atoms with Crippen LogP contribution in [0.1, 0.15) is 17.5 Å². The van der Waals surface area contributed by atoms with Crippen molar-refractivity contribution in [3.8, 4) is 0 Å². The predicted molar refractivity (Wildman–Crippen MR) is 110 cm³/mol. The molecule has 0 aliphatic carbocycles. The molecule has 27 heavy (non-hydrogen) atoms. The Hall–Kier alpha value is -2.64. The van der Waals surface area contributed by atoms with Crippen molar-refractivity contribution in [2.75, 3.05) is 5.32 Å². The molecule has 3 rings (SSSR count). The second-order valence-electron chi connectivity index (χ2n) is 5.87. The summed E-state index contributed by atoms with van der Waals surface area (Å²) in [7, 11) is 0. The monoisotopic (exact) mass is 400 g/mol. The lowest BCUT2D eigenvalue weighted by Gasteiger charge is -2.08. The number of amidine groups is 1. The first-order chi connectivity index (χ1) is 13.0. The molecule has 0 spiro atoms. The molecule has 2 N–H and O–H groups in total. The van der Waals surface area contributed by atoms with E-state index in [1.165, 1.54) is 11.8 Å². The van der Waals surface area contributed by atoms with Gasteiger partial charge in [0.05, 0.1) is 6.21 Å². The molecule has 1 aliphatic heterocycles. The molecular formula is C19H17ClN4O2S. The smallest absolute Gasteiger partial charge is 0.240 e. The van der Waals surface area contributed by atoms with Gasteiger partial charge in [0.15, 0.2) is 5.17 Å². The minimum atomic E-state index is -0.545. The summed E-state index contributed by atoms with van der Waals surface area (Å²) in [6.45, 7) is 1.88. The van der Waals surface area contributed by atoms with E-state index >= 15 is 0 Å². The van der Waals surface area contributed by atoms with Crippen molar-refractivity contribution in [2.45, 2.75) is 18.6 Å². The van der Waals surface area contributed by atoms with Gasteiger partial charge in [0, 0.05) is 17.1 Å². The topological polar surface area (TPSA) is 82.9 Å². The Kier molecular flexibility index (Phi) is 6.26. The van der Waals surface area contributed by atoms with Crippen molar-refractivity contribution in [1.29, 1.82) is 0 Å². The van der Waals surface area contributed by atoms with Crippen LogP contribution in [-0.2, 0) is 9.59 Å². The third-order valence-electron chi connectivity index (χ3n) is 3.76. The number of benzene rings is 2. The van der Waals surface area contributed by atoms with Crippen LogP contribution < -0.4 is 10.6 Å². The highest BCUT2D eigenvalue weighted by Gasteiger charge is 2.32. The Bertz CT molecular complexity index is 915. The highest BCUT2D eigenvalue weighted by Crippen LogP contribution is 2.24. The molecule has 8 heteroatoms. The second-order valence-corrected chi connectivity index (χ2v) is 7.47. The van der Waals surface area contributed by atoms with Crippen LogP contribution in [0.5, 0.6) is 0 Å². The average molecular weight is 401 g/mol. The molecule has 2 aromatic carbocycles. The summed E-state index contributed by atoms with van der Waals surface area (Å²) in [5, 5.41) is 13.8. The molecule has 1 heterocycles. The largest absolute Gasteiger partial charge is 0.326 e. The number of nitrogens with zero attached hydrogens (tertiary/aromatic N) is 2. The number of amides is 2. The number of aryl methyl sites for hydroxylation is 1. The van der Waals surface area contributed by atoms with Gasteiger partial charge in [0.1, 0.15) is 5.25 Å². The zero-order valence-corrected chi connectivity index (χ0v) is 16.1. The maximum absolute atomic E-state index is 12.2. The Morgan fingerprint density at radius 1 is 1.30 bits per heavy atom. The molecule has 0 bridgehead atoms. The summed E-state index contributed by atoms with van der Waals surface area (Å²) in [6.07, 6.45) is 1.63. The van der Waals surface area contributed by atoms with Gasteiger partial charge < -0.3 is 10.6 Å². The van der Waals surface area contributed by atoms with Crippen molar-refractivity contribution in [1.82, 2.24) is 5.32 Å². The van der Waals surface area contributed by atoms with Gasteiger partial charge >= 0.3 is 0 Å². The van der Waals surface area contributed by atoms with Crippen molar-refractivity contribution >= 4 is 52.2 Å². The van der Waals surface area contributed by atoms with E-state index in [-0.39, 0.29) is 18.2 Å². The minimum Gasteiger partial charge on any atom is -0.326 e. The summed E-state index contributed by atoms with van der Waals surface area (Å²) < 4.78 is 0. The summed E-state index contributed by atoms with van der Waals surface area (Å²) >= 11 is 7.24. The van der Waals surface area contributed by atoms with Crippen LogP contribution in [0.4, 0.5) is 5.69 Å².